The van der Waals surface area contributed by atoms with Crippen LogP contribution in [0.1, 0.15) is 34.5 Å². The molecule has 2 aromatic carbocycles. The summed E-state index contributed by atoms with van der Waals surface area (Å²) in [6, 6.07) is 13.5. The molecule has 1 atom stereocenters. The molecule has 114 valence electrons. The van der Waals surface area contributed by atoms with E-state index in [0.29, 0.717) is 17.1 Å². The van der Waals surface area contributed by atoms with Crippen molar-refractivity contribution in [1.82, 2.24) is 4.90 Å². The van der Waals surface area contributed by atoms with Gasteiger partial charge in [0.2, 0.25) is 6.79 Å². The van der Waals surface area contributed by atoms with Crippen LogP contribution in [0.2, 0.25) is 0 Å². The molecule has 4 nitrogen and oxygen atoms in total. The molecule has 0 N–H and O–H groups in total. The Labute approximate surface area is 130 Å². The second-order valence-electron chi connectivity index (χ2n) is 5.57. The molecule has 0 spiro atoms. The highest BCUT2D eigenvalue weighted by molar-refractivity contribution is 5.95. The lowest BCUT2D eigenvalue weighted by Gasteiger charge is -2.25. The number of carbonyl (C=O) groups excluding carboxylic acids is 1. The summed E-state index contributed by atoms with van der Waals surface area (Å²) in [5.74, 6) is 1.28. The summed E-state index contributed by atoms with van der Waals surface area (Å²) >= 11 is 0. The molecule has 3 rings (SSSR count). The predicted molar refractivity (Wildman–Crippen MR) is 84.3 cm³/mol. The number of ether oxygens (including phenoxy) is 2. The molecule has 1 aliphatic heterocycles. The number of fused-ring (bicyclic) bond motifs is 1. The zero-order chi connectivity index (χ0) is 15.7. The van der Waals surface area contributed by atoms with Crippen molar-refractivity contribution in [2.75, 3.05) is 13.8 Å². The number of nitrogens with zero attached hydrogens (tertiary/aromatic N) is 1. The first-order chi connectivity index (χ1) is 10.6. The third kappa shape index (κ3) is 2.64. The van der Waals surface area contributed by atoms with Crippen LogP contribution in [-0.2, 0) is 0 Å². The third-order valence-electron chi connectivity index (χ3n) is 4.08. The van der Waals surface area contributed by atoms with Gasteiger partial charge in [-0.25, -0.2) is 0 Å². The summed E-state index contributed by atoms with van der Waals surface area (Å²) in [4.78, 5) is 14.4. The van der Waals surface area contributed by atoms with Gasteiger partial charge in [-0.15, -0.1) is 0 Å². The van der Waals surface area contributed by atoms with Gasteiger partial charge in [0.1, 0.15) is 0 Å². The first-order valence-electron chi connectivity index (χ1n) is 7.29. The van der Waals surface area contributed by atoms with Crippen LogP contribution in [-0.4, -0.2) is 24.6 Å². The van der Waals surface area contributed by atoms with Crippen molar-refractivity contribution in [2.45, 2.75) is 19.9 Å². The molecular weight excluding hydrogens is 278 g/mol. The minimum Gasteiger partial charge on any atom is -0.454 e. The summed E-state index contributed by atoms with van der Waals surface area (Å²) < 4.78 is 10.6. The van der Waals surface area contributed by atoms with E-state index in [2.05, 4.69) is 31.2 Å². The Kier molecular flexibility index (Phi) is 3.75. The molecule has 0 radical (unpaired) electrons. The third-order valence-corrected chi connectivity index (χ3v) is 4.08. The number of rotatable bonds is 3. The maximum Gasteiger partial charge on any atom is 0.254 e. The first kappa shape index (κ1) is 14.4. The van der Waals surface area contributed by atoms with Crippen molar-refractivity contribution in [2.24, 2.45) is 0 Å². The van der Waals surface area contributed by atoms with Crippen molar-refractivity contribution >= 4 is 5.91 Å². The summed E-state index contributed by atoms with van der Waals surface area (Å²) in [7, 11) is 1.82. The summed E-state index contributed by atoms with van der Waals surface area (Å²) in [6.45, 7) is 4.29. The van der Waals surface area contributed by atoms with Gasteiger partial charge in [-0.3, -0.25) is 4.79 Å². The van der Waals surface area contributed by atoms with Gasteiger partial charge >= 0.3 is 0 Å². The Balaban J connectivity index is 1.80. The van der Waals surface area contributed by atoms with Gasteiger partial charge in [0, 0.05) is 12.6 Å². The molecule has 1 heterocycles. The van der Waals surface area contributed by atoms with Crippen molar-refractivity contribution in [1.29, 1.82) is 0 Å². The second kappa shape index (κ2) is 5.72. The quantitative estimate of drug-likeness (QED) is 0.869. The van der Waals surface area contributed by atoms with Crippen LogP contribution in [0.15, 0.2) is 42.5 Å². The fourth-order valence-electron chi connectivity index (χ4n) is 2.48. The highest BCUT2D eigenvalue weighted by Crippen LogP contribution is 2.33. The molecule has 2 aromatic rings. The lowest BCUT2D eigenvalue weighted by atomic mass is 10.0. The number of benzene rings is 2. The molecular formula is C18H19NO3. The molecule has 1 aliphatic rings. The topological polar surface area (TPSA) is 38.8 Å². The van der Waals surface area contributed by atoms with Crippen molar-refractivity contribution in [3.63, 3.8) is 0 Å². The van der Waals surface area contributed by atoms with E-state index < -0.39 is 0 Å². The van der Waals surface area contributed by atoms with Crippen molar-refractivity contribution < 1.29 is 14.3 Å². The molecule has 0 bridgehead atoms. The van der Waals surface area contributed by atoms with Gasteiger partial charge in [-0.2, -0.15) is 0 Å². The van der Waals surface area contributed by atoms with Gasteiger partial charge in [0.05, 0.1) is 6.04 Å². The molecule has 0 aliphatic carbocycles. The number of amides is 1. The van der Waals surface area contributed by atoms with Crippen LogP contribution in [0.25, 0.3) is 0 Å². The largest absolute Gasteiger partial charge is 0.454 e. The fourth-order valence-corrected chi connectivity index (χ4v) is 2.48. The number of hydrogen-bond acceptors (Lipinski definition) is 3. The molecule has 1 unspecified atom stereocenters. The highest BCUT2D eigenvalue weighted by atomic mass is 16.7. The van der Waals surface area contributed by atoms with Crippen LogP contribution < -0.4 is 9.47 Å². The molecule has 22 heavy (non-hydrogen) atoms. The summed E-state index contributed by atoms with van der Waals surface area (Å²) in [5.41, 5.74) is 2.92. The predicted octanol–water partition coefficient (Wildman–Crippen LogP) is 3.56. The first-order valence-corrected chi connectivity index (χ1v) is 7.29. The van der Waals surface area contributed by atoms with E-state index in [1.165, 1.54) is 5.56 Å². The number of carbonyl (C=O) groups is 1. The van der Waals surface area contributed by atoms with Crippen LogP contribution in [0.5, 0.6) is 11.5 Å². The van der Waals surface area contributed by atoms with Gasteiger partial charge in [0.15, 0.2) is 11.5 Å². The van der Waals surface area contributed by atoms with Gasteiger partial charge < -0.3 is 14.4 Å². The smallest absolute Gasteiger partial charge is 0.254 e. The SMILES string of the molecule is Cc1ccc(C(C)N(C)C(=O)c2ccc3c(c2)OCO3)cc1. The van der Waals surface area contributed by atoms with E-state index in [1.54, 1.807) is 23.1 Å². The minimum absolute atomic E-state index is 0.00137. The number of hydrogen-bond donors (Lipinski definition) is 0. The standard InChI is InChI=1S/C18H19NO3/c1-12-4-6-14(7-5-12)13(2)19(3)18(20)15-8-9-16-17(10-15)22-11-21-16/h4-10,13H,11H2,1-3H3. The monoisotopic (exact) mass is 297 g/mol. The average Bonchev–Trinajstić information content (AvgIpc) is 3.01. The van der Waals surface area contributed by atoms with Gasteiger partial charge in [0.25, 0.3) is 5.91 Å². The lowest BCUT2D eigenvalue weighted by molar-refractivity contribution is 0.0742. The Morgan fingerprint density at radius 3 is 2.50 bits per heavy atom. The Bertz CT molecular complexity index is 694. The summed E-state index contributed by atoms with van der Waals surface area (Å²) in [5, 5.41) is 0. The lowest BCUT2D eigenvalue weighted by Crippen LogP contribution is -2.29. The van der Waals surface area contributed by atoms with Crippen molar-refractivity contribution in [3.05, 3.63) is 59.2 Å². The second-order valence-corrected chi connectivity index (χ2v) is 5.57. The maximum atomic E-state index is 12.7. The van der Waals surface area contributed by atoms with Crippen LogP contribution in [0, 0.1) is 6.92 Å². The van der Waals surface area contributed by atoms with E-state index in [1.807, 2.05) is 14.0 Å². The number of aryl methyl sites for hydroxylation is 1. The van der Waals surface area contributed by atoms with Gasteiger partial charge in [-0.05, 0) is 37.6 Å². The highest BCUT2D eigenvalue weighted by Gasteiger charge is 2.21. The maximum absolute atomic E-state index is 12.7. The van der Waals surface area contributed by atoms with Crippen LogP contribution in [0.3, 0.4) is 0 Å². The molecule has 0 aromatic heterocycles. The molecule has 4 heteroatoms. The Morgan fingerprint density at radius 1 is 1.09 bits per heavy atom. The van der Waals surface area contributed by atoms with Gasteiger partial charge in [-0.1, -0.05) is 29.8 Å². The zero-order valence-electron chi connectivity index (χ0n) is 13.0. The normalized spacial score (nSPS) is 13.8. The minimum atomic E-state index is -0.0358. The van der Waals surface area contributed by atoms with E-state index in [-0.39, 0.29) is 18.7 Å². The average molecular weight is 297 g/mol. The van der Waals surface area contributed by atoms with E-state index >= 15 is 0 Å². The van der Waals surface area contributed by atoms with E-state index in [0.717, 1.165) is 5.56 Å². The molecule has 0 saturated heterocycles. The van der Waals surface area contributed by atoms with Crippen LogP contribution >= 0.6 is 0 Å². The van der Waals surface area contributed by atoms with E-state index in [4.69, 9.17) is 9.47 Å². The van der Waals surface area contributed by atoms with Crippen LogP contribution in [0.4, 0.5) is 0 Å². The van der Waals surface area contributed by atoms with E-state index in [9.17, 15) is 4.79 Å². The molecule has 0 saturated carbocycles. The fraction of sp³-hybridized carbons (Fsp3) is 0.278. The molecule has 0 fully saturated rings. The van der Waals surface area contributed by atoms with Crippen molar-refractivity contribution in [3.8, 4) is 11.5 Å². The molecule has 1 amide bonds. The summed E-state index contributed by atoms with van der Waals surface area (Å²) in [6.07, 6.45) is 0. The zero-order valence-corrected chi connectivity index (χ0v) is 13.0. The Morgan fingerprint density at radius 2 is 1.77 bits per heavy atom. The Hall–Kier alpha value is -2.49.